The first kappa shape index (κ1) is 20.8. The van der Waals surface area contributed by atoms with Crippen molar-refractivity contribution >= 4 is 0 Å². The summed E-state index contributed by atoms with van der Waals surface area (Å²) < 4.78 is 10.3. The van der Waals surface area contributed by atoms with Gasteiger partial charge in [0.25, 0.3) is 0 Å². The molecule has 128 valence electrons. The number of methoxy groups -OCH3 is 1. The van der Waals surface area contributed by atoms with Crippen molar-refractivity contribution in [3.05, 3.63) is 0 Å². The highest BCUT2D eigenvalue weighted by Gasteiger charge is 2.05. The van der Waals surface area contributed by atoms with Crippen molar-refractivity contribution in [1.29, 1.82) is 0 Å². The molecule has 0 spiro atoms. The molecule has 0 aliphatic heterocycles. The van der Waals surface area contributed by atoms with Gasteiger partial charge in [-0.05, 0) is 19.4 Å². The van der Waals surface area contributed by atoms with Crippen LogP contribution in [0.25, 0.3) is 0 Å². The predicted octanol–water partition coefficient (Wildman–Crippen LogP) is 1.71. The fraction of sp³-hybridized carbons (Fsp3) is 1.00. The Labute approximate surface area is 130 Å². The highest BCUT2D eigenvalue weighted by Crippen LogP contribution is 2.04. The molecule has 0 heterocycles. The van der Waals surface area contributed by atoms with Crippen LogP contribution in [0.1, 0.15) is 51.9 Å². The zero-order valence-electron chi connectivity index (χ0n) is 13.9. The second-order valence-corrected chi connectivity index (χ2v) is 5.60. The predicted molar refractivity (Wildman–Crippen MR) is 85.6 cm³/mol. The van der Waals surface area contributed by atoms with Gasteiger partial charge >= 0.3 is 0 Å². The van der Waals surface area contributed by atoms with E-state index in [0.29, 0.717) is 32.7 Å². The molecule has 0 aromatic rings. The molecule has 5 nitrogen and oxygen atoms in total. The van der Waals surface area contributed by atoms with Crippen LogP contribution < -0.4 is 5.32 Å². The Hall–Kier alpha value is -0.200. The second-order valence-electron chi connectivity index (χ2n) is 5.60. The first-order chi connectivity index (χ1) is 10.2. The van der Waals surface area contributed by atoms with E-state index in [0.717, 1.165) is 13.0 Å². The van der Waals surface area contributed by atoms with Gasteiger partial charge in [0, 0.05) is 20.3 Å². The molecule has 3 N–H and O–H groups in total. The minimum atomic E-state index is -0.482. The molecule has 21 heavy (non-hydrogen) atoms. The zero-order valence-corrected chi connectivity index (χ0v) is 13.9. The summed E-state index contributed by atoms with van der Waals surface area (Å²) in [6.45, 7) is 4.84. The summed E-state index contributed by atoms with van der Waals surface area (Å²) in [4.78, 5) is 0. The van der Waals surface area contributed by atoms with Crippen molar-refractivity contribution in [1.82, 2.24) is 5.32 Å². The Balaban J connectivity index is 3.21. The number of ether oxygens (including phenoxy) is 2. The maximum atomic E-state index is 9.72. The molecular weight excluding hydrogens is 270 g/mol. The molecule has 0 saturated heterocycles. The maximum absolute atomic E-state index is 9.72. The van der Waals surface area contributed by atoms with Crippen LogP contribution in [0.15, 0.2) is 0 Å². The molecule has 2 atom stereocenters. The lowest BCUT2D eigenvalue weighted by atomic mass is 10.1. The lowest BCUT2D eigenvalue weighted by Crippen LogP contribution is -2.32. The van der Waals surface area contributed by atoms with E-state index in [1.165, 1.54) is 32.1 Å². The van der Waals surface area contributed by atoms with Crippen LogP contribution in [-0.2, 0) is 9.47 Å². The molecule has 0 bridgehead atoms. The summed E-state index contributed by atoms with van der Waals surface area (Å²) in [5.41, 5.74) is 0. The minimum Gasteiger partial charge on any atom is -0.391 e. The van der Waals surface area contributed by atoms with E-state index >= 15 is 0 Å². The van der Waals surface area contributed by atoms with Gasteiger partial charge in [-0.25, -0.2) is 0 Å². The monoisotopic (exact) mass is 305 g/mol. The fourth-order valence-electron chi connectivity index (χ4n) is 2.08. The third-order valence-corrected chi connectivity index (χ3v) is 3.35. The summed E-state index contributed by atoms with van der Waals surface area (Å²) in [6, 6.07) is 0. The van der Waals surface area contributed by atoms with Gasteiger partial charge in [0.1, 0.15) is 0 Å². The Morgan fingerprint density at radius 3 is 2.38 bits per heavy atom. The molecule has 0 aliphatic rings. The molecule has 0 radical (unpaired) electrons. The number of unbranched alkanes of at least 4 members (excludes halogenated alkanes) is 5. The minimum absolute atomic E-state index is 0.353. The second kappa shape index (κ2) is 16.2. The third kappa shape index (κ3) is 16.0. The first-order valence-corrected chi connectivity index (χ1v) is 8.34. The Morgan fingerprint density at radius 2 is 1.67 bits per heavy atom. The SMILES string of the molecule is CCCCCCCCOCC(O)CNCCC(O)COC. The van der Waals surface area contributed by atoms with Crippen LogP contribution in [0.4, 0.5) is 0 Å². The standard InChI is InChI=1S/C16H35NO4/c1-3-4-5-6-7-8-11-21-14-16(19)12-17-10-9-15(18)13-20-2/h15-19H,3-14H2,1-2H3. The van der Waals surface area contributed by atoms with E-state index in [9.17, 15) is 10.2 Å². The largest absolute Gasteiger partial charge is 0.391 e. The molecule has 2 unspecified atom stereocenters. The Morgan fingerprint density at radius 1 is 0.952 bits per heavy atom. The van der Waals surface area contributed by atoms with Crippen LogP contribution in [0.3, 0.4) is 0 Å². The van der Waals surface area contributed by atoms with E-state index in [-0.39, 0.29) is 0 Å². The van der Waals surface area contributed by atoms with Crippen molar-refractivity contribution in [2.45, 2.75) is 64.1 Å². The summed E-state index contributed by atoms with van der Waals surface area (Å²) in [5, 5.41) is 22.3. The van der Waals surface area contributed by atoms with E-state index in [1.807, 2.05) is 0 Å². The van der Waals surface area contributed by atoms with Gasteiger partial charge in [-0.3, -0.25) is 0 Å². The van der Waals surface area contributed by atoms with Crippen molar-refractivity contribution in [3.63, 3.8) is 0 Å². The molecule has 0 aromatic carbocycles. The molecule has 0 fully saturated rings. The number of rotatable bonds is 16. The van der Waals surface area contributed by atoms with Crippen LogP contribution in [-0.4, -0.2) is 62.4 Å². The lowest BCUT2D eigenvalue weighted by molar-refractivity contribution is 0.0334. The number of hydrogen-bond acceptors (Lipinski definition) is 5. The van der Waals surface area contributed by atoms with E-state index < -0.39 is 12.2 Å². The van der Waals surface area contributed by atoms with Crippen molar-refractivity contribution in [2.24, 2.45) is 0 Å². The van der Waals surface area contributed by atoms with Crippen LogP contribution in [0.2, 0.25) is 0 Å². The van der Waals surface area contributed by atoms with Gasteiger partial charge in [-0.1, -0.05) is 39.0 Å². The topological polar surface area (TPSA) is 71.0 Å². The molecular formula is C16H35NO4. The number of aliphatic hydroxyl groups excluding tert-OH is 2. The van der Waals surface area contributed by atoms with Crippen LogP contribution in [0, 0.1) is 0 Å². The normalized spacial score (nSPS) is 14.3. The summed E-state index contributed by atoms with van der Waals surface area (Å²) in [5.74, 6) is 0. The Kier molecular flexibility index (Phi) is 16.0. The smallest absolute Gasteiger partial charge is 0.0897 e. The number of nitrogens with one attached hydrogen (secondary N) is 1. The number of hydrogen-bond donors (Lipinski definition) is 3. The highest BCUT2D eigenvalue weighted by atomic mass is 16.5. The molecule has 0 amide bonds. The zero-order chi connectivity index (χ0) is 15.8. The van der Waals surface area contributed by atoms with E-state index in [1.54, 1.807) is 7.11 Å². The van der Waals surface area contributed by atoms with Gasteiger partial charge in [0.05, 0.1) is 25.4 Å². The summed E-state index contributed by atoms with van der Waals surface area (Å²) in [6.07, 6.45) is 7.19. The van der Waals surface area contributed by atoms with Gasteiger partial charge in [0.2, 0.25) is 0 Å². The van der Waals surface area contributed by atoms with Crippen molar-refractivity contribution in [3.8, 4) is 0 Å². The summed E-state index contributed by atoms with van der Waals surface area (Å²) >= 11 is 0. The Bertz CT molecular complexity index is 205. The van der Waals surface area contributed by atoms with Gasteiger partial charge < -0.3 is 25.0 Å². The fourth-order valence-corrected chi connectivity index (χ4v) is 2.08. The van der Waals surface area contributed by atoms with Crippen LogP contribution >= 0.6 is 0 Å². The van der Waals surface area contributed by atoms with E-state index in [4.69, 9.17) is 9.47 Å². The van der Waals surface area contributed by atoms with Crippen molar-refractivity contribution in [2.75, 3.05) is 40.0 Å². The molecule has 0 saturated carbocycles. The lowest BCUT2D eigenvalue weighted by Gasteiger charge is -2.14. The highest BCUT2D eigenvalue weighted by molar-refractivity contribution is 4.61. The third-order valence-electron chi connectivity index (χ3n) is 3.35. The van der Waals surface area contributed by atoms with Crippen molar-refractivity contribution < 1.29 is 19.7 Å². The van der Waals surface area contributed by atoms with Gasteiger partial charge in [0.15, 0.2) is 0 Å². The van der Waals surface area contributed by atoms with Gasteiger partial charge in [-0.2, -0.15) is 0 Å². The molecule has 0 aliphatic carbocycles. The maximum Gasteiger partial charge on any atom is 0.0897 e. The number of aliphatic hydroxyl groups is 2. The average molecular weight is 305 g/mol. The molecule has 0 aromatic heterocycles. The van der Waals surface area contributed by atoms with Crippen LogP contribution in [0.5, 0.6) is 0 Å². The molecule has 0 rings (SSSR count). The van der Waals surface area contributed by atoms with Gasteiger partial charge in [-0.15, -0.1) is 0 Å². The quantitative estimate of drug-likeness (QED) is 0.379. The molecule has 5 heteroatoms. The average Bonchev–Trinajstić information content (AvgIpc) is 2.47. The summed E-state index contributed by atoms with van der Waals surface area (Å²) in [7, 11) is 1.57. The first-order valence-electron chi connectivity index (χ1n) is 8.34. The van der Waals surface area contributed by atoms with E-state index in [2.05, 4.69) is 12.2 Å².